The van der Waals surface area contributed by atoms with E-state index in [0.29, 0.717) is 23.2 Å². The molecule has 0 bridgehead atoms. The molecule has 0 saturated heterocycles. The van der Waals surface area contributed by atoms with Crippen molar-refractivity contribution in [1.82, 2.24) is 0 Å². The van der Waals surface area contributed by atoms with E-state index in [9.17, 15) is 15.3 Å². The van der Waals surface area contributed by atoms with Crippen molar-refractivity contribution in [2.75, 3.05) is 0 Å². The van der Waals surface area contributed by atoms with Gasteiger partial charge in [0.05, 0.1) is 0 Å². The van der Waals surface area contributed by atoms with Gasteiger partial charge in [0, 0.05) is 5.41 Å². The molecule has 0 unspecified atom stereocenters. The van der Waals surface area contributed by atoms with Crippen molar-refractivity contribution in [3.8, 4) is 17.2 Å². The minimum Gasteiger partial charge on any atom is -0.508 e. The van der Waals surface area contributed by atoms with Crippen molar-refractivity contribution < 1.29 is 15.3 Å². The molecule has 0 aromatic heterocycles. The van der Waals surface area contributed by atoms with Crippen molar-refractivity contribution in [2.24, 2.45) is 5.92 Å². The molecule has 0 spiro atoms. The lowest BCUT2D eigenvalue weighted by Gasteiger charge is -2.48. The van der Waals surface area contributed by atoms with Crippen LogP contribution in [-0.2, 0) is 10.8 Å². The van der Waals surface area contributed by atoms with Crippen LogP contribution >= 0.6 is 0 Å². The number of rotatable bonds is 4. The molecule has 5 rings (SSSR count). The van der Waals surface area contributed by atoms with E-state index in [0.717, 1.165) is 36.8 Å². The van der Waals surface area contributed by atoms with E-state index in [2.05, 4.69) is 38.1 Å². The van der Waals surface area contributed by atoms with Crippen LogP contribution in [-0.4, -0.2) is 15.3 Å². The van der Waals surface area contributed by atoms with Gasteiger partial charge < -0.3 is 15.3 Å². The summed E-state index contributed by atoms with van der Waals surface area (Å²) in [5, 5.41) is 30.1. The van der Waals surface area contributed by atoms with Gasteiger partial charge in [-0.25, -0.2) is 0 Å². The van der Waals surface area contributed by atoms with Gasteiger partial charge in [-0.3, -0.25) is 0 Å². The van der Waals surface area contributed by atoms with E-state index < -0.39 is 0 Å². The molecule has 178 valence electrons. The second kappa shape index (κ2) is 8.69. The summed E-state index contributed by atoms with van der Waals surface area (Å²) in [6, 6.07) is 19.6. The lowest BCUT2D eigenvalue weighted by Crippen LogP contribution is -2.41. The first kappa shape index (κ1) is 22.8. The van der Waals surface area contributed by atoms with Crippen LogP contribution < -0.4 is 0 Å². The molecule has 0 aliphatic heterocycles. The zero-order valence-corrected chi connectivity index (χ0v) is 20.3. The average Bonchev–Trinajstić information content (AvgIpc) is 3.31. The molecule has 0 atom stereocenters. The number of aryl methyl sites for hydroxylation is 2. The first-order chi connectivity index (χ1) is 16.3. The van der Waals surface area contributed by atoms with Gasteiger partial charge in [0.25, 0.3) is 0 Å². The Hall–Kier alpha value is -2.94. The Morgan fingerprint density at radius 1 is 0.618 bits per heavy atom. The first-order valence-electron chi connectivity index (χ1n) is 12.7. The van der Waals surface area contributed by atoms with E-state index in [-0.39, 0.29) is 10.8 Å². The highest BCUT2D eigenvalue weighted by Crippen LogP contribution is 2.57. The molecule has 2 saturated carbocycles. The van der Waals surface area contributed by atoms with Gasteiger partial charge in [-0.1, -0.05) is 37.1 Å². The molecule has 3 aromatic rings. The Morgan fingerprint density at radius 2 is 1.09 bits per heavy atom. The Bertz CT molecular complexity index is 1110. The van der Waals surface area contributed by atoms with Gasteiger partial charge >= 0.3 is 0 Å². The largest absolute Gasteiger partial charge is 0.508 e. The third kappa shape index (κ3) is 3.76. The van der Waals surface area contributed by atoms with E-state index >= 15 is 0 Å². The minimum absolute atomic E-state index is 0.124. The number of phenols is 3. The highest BCUT2D eigenvalue weighted by atomic mass is 16.3. The summed E-state index contributed by atoms with van der Waals surface area (Å²) in [7, 11) is 0. The fraction of sp³-hybridized carbons (Fsp3) is 0.419. The molecular formula is C31H36O3. The third-order valence-electron chi connectivity index (χ3n) is 9.01. The van der Waals surface area contributed by atoms with Crippen LogP contribution in [0.4, 0.5) is 0 Å². The highest BCUT2D eigenvalue weighted by molar-refractivity contribution is 5.50. The number of aromatic hydroxyl groups is 3. The van der Waals surface area contributed by atoms with Crippen LogP contribution in [0, 0.1) is 19.8 Å². The van der Waals surface area contributed by atoms with Crippen molar-refractivity contribution in [1.29, 1.82) is 0 Å². The Balaban J connectivity index is 1.54. The summed E-state index contributed by atoms with van der Waals surface area (Å²) in [5.41, 5.74) is 6.31. The number of hydrogen-bond acceptors (Lipinski definition) is 3. The third-order valence-corrected chi connectivity index (χ3v) is 9.01. The topological polar surface area (TPSA) is 60.7 Å². The molecule has 3 aromatic carbocycles. The number of phenolic OH excluding ortho intramolecular Hbond substituents is 3. The van der Waals surface area contributed by atoms with Crippen LogP contribution in [0.25, 0.3) is 0 Å². The highest BCUT2D eigenvalue weighted by Gasteiger charge is 2.48. The molecule has 34 heavy (non-hydrogen) atoms. The van der Waals surface area contributed by atoms with Gasteiger partial charge in [-0.05, 0) is 128 Å². The van der Waals surface area contributed by atoms with Gasteiger partial charge in [0.2, 0.25) is 0 Å². The average molecular weight is 457 g/mol. The van der Waals surface area contributed by atoms with E-state index in [1.54, 1.807) is 0 Å². The van der Waals surface area contributed by atoms with Crippen LogP contribution in [0.2, 0.25) is 0 Å². The van der Waals surface area contributed by atoms with Gasteiger partial charge in [-0.15, -0.1) is 0 Å². The van der Waals surface area contributed by atoms with Crippen molar-refractivity contribution in [2.45, 2.75) is 76.0 Å². The van der Waals surface area contributed by atoms with Crippen LogP contribution in [0.5, 0.6) is 17.2 Å². The van der Waals surface area contributed by atoms with Gasteiger partial charge in [0.15, 0.2) is 0 Å². The smallest absolute Gasteiger partial charge is 0.115 e. The van der Waals surface area contributed by atoms with Crippen LogP contribution in [0.1, 0.15) is 79.2 Å². The van der Waals surface area contributed by atoms with Crippen LogP contribution in [0.15, 0.2) is 60.7 Å². The van der Waals surface area contributed by atoms with E-state index in [1.807, 2.05) is 36.4 Å². The lowest BCUT2D eigenvalue weighted by atomic mass is 9.56. The fourth-order valence-corrected chi connectivity index (χ4v) is 7.45. The molecule has 2 aliphatic carbocycles. The van der Waals surface area contributed by atoms with E-state index in [1.165, 1.54) is 42.4 Å². The second-order valence-corrected chi connectivity index (χ2v) is 10.8. The minimum atomic E-state index is -0.124. The molecule has 3 heteroatoms. The monoisotopic (exact) mass is 456 g/mol. The second-order valence-electron chi connectivity index (χ2n) is 10.8. The number of hydrogen-bond donors (Lipinski definition) is 3. The maximum absolute atomic E-state index is 10.1. The fourth-order valence-electron chi connectivity index (χ4n) is 7.45. The zero-order valence-electron chi connectivity index (χ0n) is 20.3. The van der Waals surface area contributed by atoms with Crippen molar-refractivity contribution in [3.05, 3.63) is 88.5 Å². The normalized spacial score (nSPS) is 19.8. The maximum Gasteiger partial charge on any atom is 0.115 e. The Kier molecular flexibility index (Phi) is 5.83. The SMILES string of the molecule is Cc1cc(O)ccc1C1(c2ccc(O)cc2C)CCC(C2(c3ccc(O)cc3)CCCC2)CC1. The van der Waals surface area contributed by atoms with Crippen LogP contribution in [0.3, 0.4) is 0 Å². The molecular weight excluding hydrogens is 420 g/mol. The summed E-state index contributed by atoms with van der Waals surface area (Å²) in [4.78, 5) is 0. The molecule has 2 aliphatic rings. The van der Waals surface area contributed by atoms with E-state index in [4.69, 9.17) is 0 Å². The molecule has 0 amide bonds. The molecule has 0 radical (unpaired) electrons. The first-order valence-corrected chi connectivity index (χ1v) is 12.7. The standard InChI is InChI=1S/C31H36O3/c1-21-19-26(33)9-11-28(21)31(29-12-10-27(34)20-22(29)2)17-13-24(14-18-31)30(15-3-4-16-30)23-5-7-25(32)8-6-23/h5-12,19-20,24,32-34H,3-4,13-18H2,1-2H3. The van der Waals surface area contributed by atoms with Gasteiger partial charge in [-0.2, -0.15) is 0 Å². The summed E-state index contributed by atoms with van der Waals surface area (Å²) in [5.74, 6) is 1.57. The Morgan fingerprint density at radius 3 is 1.56 bits per heavy atom. The quantitative estimate of drug-likeness (QED) is 0.383. The summed E-state index contributed by atoms with van der Waals surface area (Å²) >= 11 is 0. The van der Waals surface area contributed by atoms with Crippen molar-refractivity contribution >= 4 is 0 Å². The molecule has 2 fully saturated rings. The molecule has 0 heterocycles. The number of benzene rings is 3. The predicted molar refractivity (Wildman–Crippen MR) is 137 cm³/mol. The van der Waals surface area contributed by atoms with Gasteiger partial charge in [0.1, 0.15) is 17.2 Å². The molecule has 3 N–H and O–H groups in total. The molecule has 3 nitrogen and oxygen atoms in total. The zero-order chi connectivity index (χ0) is 23.9. The van der Waals surface area contributed by atoms with Crippen molar-refractivity contribution in [3.63, 3.8) is 0 Å². The predicted octanol–water partition coefficient (Wildman–Crippen LogP) is 7.41. The summed E-state index contributed by atoms with van der Waals surface area (Å²) < 4.78 is 0. The maximum atomic E-state index is 10.1. The Labute approximate surface area is 203 Å². The summed E-state index contributed by atoms with van der Waals surface area (Å²) in [6.45, 7) is 4.21. The summed E-state index contributed by atoms with van der Waals surface area (Å²) in [6.07, 6.45) is 9.39. The lowest BCUT2D eigenvalue weighted by molar-refractivity contribution is 0.166.